The number of hydrogen-bond acceptors (Lipinski definition) is 7. The van der Waals surface area contributed by atoms with Crippen LogP contribution in [0, 0.1) is 21.4 Å². The maximum atomic E-state index is 12.8. The normalized spacial score (nSPS) is 15.3. The van der Waals surface area contributed by atoms with Crippen molar-refractivity contribution >= 4 is 32.3 Å². The number of rotatable bonds is 4. The van der Waals surface area contributed by atoms with Crippen LogP contribution >= 0.6 is 11.3 Å². The molecule has 140 valence electrons. The van der Waals surface area contributed by atoms with E-state index in [4.69, 9.17) is 5.26 Å². The van der Waals surface area contributed by atoms with E-state index in [2.05, 4.69) is 0 Å². The van der Waals surface area contributed by atoms with E-state index in [-0.39, 0.29) is 53.1 Å². The van der Waals surface area contributed by atoms with Crippen molar-refractivity contribution in [1.82, 2.24) is 9.21 Å². The molecule has 9 nitrogen and oxygen atoms in total. The summed E-state index contributed by atoms with van der Waals surface area (Å²) in [6, 6.07) is 9.07. The van der Waals surface area contributed by atoms with Crippen LogP contribution in [0.25, 0.3) is 0 Å². The van der Waals surface area contributed by atoms with Gasteiger partial charge in [0.25, 0.3) is 5.91 Å². The Morgan fingerprint density at radius 1 is 1.22 bits per heavy atom. The van der Waals surface area contributed by atoms with Gasteiger partial charge in [0.1, 0.15) is 6.07 Å². The lowest BCUT2D eigenvalue weighted by Gasteiger charge is -2.34. The lowest BCUT2D eigenvalue weighted by atomic mass is 10.2. The molecule has 1 aromatic heterocycles. The Morgan fingerprint density at radius 3 is 2.48 bits per heavy atom. The van der Waals surface area contributed by atoms with Gasteiger partial charge in [-0.15, -0.1) is 0 Å². The topological polar surface area (TPSA) is 125 Å². The van der Waals surface area contributed by atoms with Crippen LogP contribution in [-0.2, 0) is 10.0 Å². The second-order valence-corrected chi connectivity index (χ2v) is 8.53. The zero-order valence-electron chi connectivity index (χ0n) is 13.9. The Labute approximate surface area is 159 Å². The van der Waals surface area contributed by atoms with Crippen LogP contribution in [-0.4, -0.2) is 54.6 Å². The molecule has 0 spiro atoms. The van der Waals surface area contributed by atoms with Crippen molar-refractivity contribution in [2.24, 2.45) is 0 Å². The molecule has 0 N–H and O–H groups in total. The van der Waals surface area contributed by atoms with Crippen molar-refractivity contribution < 1.29 is 18.1 Å². The summed E-state index contributed by atoms with van der Waals surface area (Å²) in [5.41, 5.74) is 0.291. The molecule has 1 amide bonds. The maximum Gasteiger partial charge on any atom is 0.324 e. The second-order valence-electron chi connectivity index (χ2n) is 5.73. The predicted octanol–water partition coefficient (Wildman–Crippen LogP) is 1.67. The Balaban J connectivity index is 1.72. The first-order valence-electron chi connectivity index (χ1n) is 7.86. The highest BCUT2D eigenvalue weighted by Crippen LogP contribution is 2.25. The number of nitrogens with zero attached hydrogens (tertiary/aromatic N) is 4. The number of nitro groups is 1. The molecule has 2 heterocycles. The van der Waals surface area contributed by atoms with E-state index in [1.807, 2.05) is 6.07 Å². The molecule has 0 bridgehead atoms. The van der Waals surface area contributed by atoms with Gasteiger partial charge in [0.05, 0.1) is 20.9 Å². The molecular weight excluding hydrogens is 392 g/mol. The quantitative estimate of drug-likeness (QED) is 0.562. The first-order valence-corrected chi connectivity index (χ1v) is 10.2. The average molecular weight is 406 g/mol. The molecule has 27 heavy (non-hydrogen) atoms. The van der Waals surface area contributed by atoms with E-state index < -0.39 is 14.9 Å². The van der Waals surface area contributed by atoms with Crippen LogP contribution in [0.1, 0.15) is 15.9 Å². The van der Waals surface area contributed by atoms with E-state index in [1.165, 1.54) is 32.8 Å². The summed E-state index contributed by atoms with van der Waals surface area (Å²) < 4.78 is 26.8. The molecule has 1 aliphatic heterocycles. The molecule has 11 heteroatoms. The number of carbonyl (C=O) groups excluding carboxylic acids is 1. The molecule has 3 rings (SSSR count). The van der Waals surface area contributed by atoms with Gasteiger partial charge in [-0.25, -0.2) is 8.42 Å². The predicted molar refractivity (Wildman–Crippen MR) is 96.8 cm³/mol. The minimum absolute atomic E-state index is 0.0549. The lowest BCUT2D eigenvalue weighted by Crippen LogP contribution is -2.50. The first kappa shape index (κ1) is 19.0. The third kappa shape index (κ3) is 3.68. The molecule has 1 saturated heterocycles. The number of amides is 1. The Hall–Kier alpha value is -2.81. The monoisotopic (exact) mass is 406 g/mol. The van der Waals surface area contributed by atoms with E-state index in [1.54, 1.807) is 12.1 Å². The highest BCUT2D eigenvalue weighted by atomic mass is 32.2. The molecule has 0 aliphatic carbocycles. The van der Waals surface area contributed by atoms with Crippen molar-refractivity contribution in [1.29, 1.82) is 5.26 Å². The zero-order chi connectivity index (χ0) is 19.6. The van der Waals surface area contributed by atoms with Gasteiger partial charge < -0.3 is 4.90 Å². The van der Waals surface area contributed by atoms with Gasteiger partial charge in [0, 0.05) is 37.6 Å². The zero-order valence-corrected chi connectivity index (χ0v) is 15.6. The van der Waals surface area contributed by atoms with E-state index in [0.29, 0.717) is 0 Å². The summed E-state index contributed by atoms with van der Waals surface area (Å²) in [7, 11) is -3.84. The first-order chi connectivity index (χ1) is 12.8. The second kappa shape index (κ2) is 7.43. The fourth-order valence-electron chi connectivity index (χ4n) is 2.77. The maximum absolute atomic E-state index is 12.8. The number of thiophene rings is 1. The minimum Gasteiger partial charge on any atom is -0.336 e. The van der Waals surface area contributed by atoms with Crippen molar-refractivity contribution in [2.75, 3.05) is 26.2 Å². The highest BCUT2D eigenvalue weighted by Gasteiger charge is 2.32. The van der Waals surface area contributed by atoms with Crippen molar-refractivity contribution in [3.63, 3.8) is 0 Å². The molecule has 2 aromatic rings. The van der Waals surface area contributed by atoms with Crippen LogP contribution in [0.4, 0.5) is 5.00 Å². The average Bonchev–Trinajstić information content (AvgIpc) is 3.18. The SMILES string of the molecule is N#Cc1ccccc1S(=O)(=O)N1CCN(C(=O)c2csc([N+](=O)[O-])c2)CC1. The number of carbonyl (C=O) groups is 1. The van der Waals surface area contributed by atoms with Gasteiger partial charge in [-0.3, -0.25) is 14.9 Å². The molecular formula is C16H14N4O5S2. The number of sulfonamides is 1. The van der Waals surface area contributed by atoms with Gasteiger partial charge >= 0.3 is 5.00 Å². The Kier molecular flexibility index (Phi) is 5.22. The van der Waals surface area contributed by atoms with Gasteiger partial charge in [-0.05, 0) is 12.1 Å². The molecule has 0 radical (unpaired) electrons. The number of benzene rings is 1. The molecule has 1 aromatic carbocycles. The summed E-state index contributed by atoms with van der Waals surface area (Å²) in [4.78, 5) is 24.1. The van der Waals surface area contributed by atoms with Crippen LogP contribution in [0.2, 0.25) is 0 Å². The Morgan fingerprint density at radius 2 is 1.89 bits per heavy atom. The van der Waals surface area contributed by atoms with Crippen molar-refractivity contribution in [2.45, 2.75) is 4.90 Å². The van der Waals surface area contributed by atoms with Crippen LogP contribution < -0.4 is 0 Å². The van der Waals surface area contributed by atoms with Crippen LogP contribution in [0.15, 0.2) is 40.6 Å². The van der Waals surface area contributed by atoms with Crippen LogP contribution in [0.3, 0.4) is 0 Å². The summed E-state index contributed by atoms with van der Waals surface area (Å²) in [6.07, 6.45) is 0. The van der Waals surface area contributed by atoms with Crippen molar-refractivity contribution in [3.8, 4) is 6.07 Å². The van der Waals surface area contributed by atoms with Crippen molar-refractivity contribution in [3.05, 3.63) is 57.0 Å². The Bertz CT molecular complexity index is 1030. The molecule has 0 saturated carbocycles. The molecule has 1 fully saturated rings. The van der Waals surface area contributed by atoms with E-state index in [0.717, 1.165) is 11.3 Å². The van der Waals surface area contributed by atoms with Crippen LogP contribution in [0.5, 0.6) is 0 Å². The largest absolute Gasteiger partial charge is 0.336 e. The summed E-state index contributed by atoms with van der Waals surface area (Å²) in [6.45, 7) is 0.493. The summed E-state index contributed by atoms with van der Waals surface area (Å²) in [5, 5.41) is 21.2. The standard InChI is InChI=1S/C16H14N4O5S2/c17-10-12-3-1-2-4-14(12)27(24,25)19-7-5-18(6-8-19)16(21)13-9-15(20(22)23)26-11-13/h1-4,9,11H,5-8H2. The fourth-order valence-corrected chi connectivity index (χ4v) is 5.03. The van der Waals surface area contributed by atoms with Gasteiger partial charge in [0.2, 0.25) is 10.0 Å². The van der Waals surface area contributed by atoms with Gasteiger partial charge in [0.15, 0.2) is 0 Å². The minimum atomic E-state index is -3.84. The van der Waals surface area contributed by atoms with E-state index in [9.17, 15) is 23.3 Å². The summed E-state index contributed by atoms with van der Waals surface area (Å²) in [5.74, 6) is -0.367. The van der Waals surface area contributed by atoms with E-state index >= 15 is 0 Å². The number of piperazine rings is 1. The lowest BCUT2D eigenvalue weighted by molar-refractivity contribution is -0.380. The fraction of sp³-hybridized carbons (Fsp3) is 0.250. The molecule has 0 atom stereocenters. The summed E-state index contributed by atoms with van der Waals surface area (Å²) >= 11 is 0.873. The smallest absolute Gasteiger partial charge is 0.324 e. The number of nitriles is 1. The highest BCUT2D eigenvalue weighted by molar-refractivity contribution is 7.89. The number of hydrogen-bond donors (Lipinski definition) is 0. The van der Waals surface area contributed by atoms with Gasteiger partial charge in [-0.1, -0.05) is 23.5 Å². The van der Waals surface area contributed by atoms with Gasteiger partial charge in [-0.2, -0.15) is 9.57 Å². The molecule has 0 unspecified atom stereocenters. The third-order valence-electron chi connectivity index (χ3n) is 4.16. The third-order valence-corrected chi connectivity index (χ3v) is 7.00. The molecule has 1 aliphatic rings.